The van der Waals surface area contributed by atoms with Crippen molar-refractivity contribution in [2.45, 2.75) is 72.4 Å². The number of aryl methyl sites for hydroxylation is 2. The van der Waals surface area contributed by atoms with Gasteiger partial charge in [0.2, 0.25) is 0 Å². The molecular weight excluding hydrogens is 226 g/mol. The summed E-state index contributed by atoms with van der Waals surface area (Å²) >= 11 is 1.91. The van der Waals surface area contributed by atoms with Crippen LogP contribution in [0.1, 0.15) is 67.8 Å². The second-order valence-corrected chi connectivity index (χ2v) is 6.49. The Morgan fingerprint density at radius 3 is 2.18 bits per heavy atom. The quantitative estimate of drug-likeness (QED) is 0.722. The van der Waals surface area contributed by atoms with Gasteiger partial charge in [-0.25, -0.2) is 0 Å². The van der Waals surface area contributed by atoms with E-state index >= 15 is 0 Å². The molecular formula is C15H27NS. The highest BCUT2D eigenvalue weighted by Crippen LogP contribution is 2.27. The molecule has 0 aromatic carbocycles. The first-order valence-electron chi connectivity index (χ1n) is 6.91. The minimum atomic E-state index is 0.489. The third kappa shape index (κ3) is 4.44. The summed E-state index contributed by atoms with van der Waals surface area (Å²) in [5.41, 5.74) is 1.49. The van der Waals surface area contributed by atoms with Crippen LogP contribution in [0.3, 0.4) is 0 Å². The Labute approximate surface area is 111 Å². The first-order valence-corrected chi connectivity index (χ1v) is 7.73. The highest BCUT2D eigenvalue weighted by molar-refractivity contribution is 7.12. The second-order valence-electron chi connectivity index (χ2n) is 5.03. The summed E-state index contributed by atoms with van der Waals surface area (Å²) in [7, 11) is 0. The van der Waals surface area contributed by atoms with Crippen molar-refractivity contribution in [2.24, 2.45) is 0 Å². The molecule has 1 heterocycles. The predicted molar refractivity (Wildman–Crippen MR) is 78.9 cm³/mol. The Morgan fingerprint density at radius 1 is 1.18 bits per heavy atom. The van der Waals surface area contributed by atoms with Gasteiger partial charge in [-0.05, 0) is 45.2 Å². The van der Waals surface area contributed by atoms with E-state index in [4.69, 9.17) is 0 Å². The van der Waals surface area contributed by atoms with E-state index in [0.29, 0.717) is 12.1 Å². The summed E-state index contributed by atoms with van der Waals surface area (Å²) in [6, 6.07) is 3.51. The third-order valence-corrected chi connectivity index (χ3v) is 4.29. The van der Waals surface area contributed by atoms with Gasteiger partial charge in [-0.3, -0.25) is 0 Å². The van der Waals surface area contributed by atoms with Gasteiger partial charge >= 0.3 is 0 Å². The second kappa shape index (κ2) is 7.17. The summed E-state index contributed by atoms with van der Waals surface area (Å²) in [5.74, 6) is 0. The number of thiophene rings is 1. The van der Waals surface area contributed by atoms with Gasteiger partial charge < -0.3 is 5.32 Å². The maximum Gasteiger partial charge on any atom is 0.0305 e. The molecule has 0 fully saturated rings. The van der Waals surface area contributed by atoms with Gasteiger partial charge in [0, 0.05) is 21.8 Å². The molecule has 1 atom stereocenters. The zero-order valence-electron chi connectivity index (χ0n) is 12.0. The van der Waals surface area contributed by atoms with Crippen LogP contribution in [-0.4, -0.2) is 6.04 Å². The SMILES string of the molecule is CCCC(CCC)NC(C)c1cc(C)sc1C. The van der Waals surface area contributed by atoms with Crippen molar-refractivity contribution < 1.29 is 0 Å². The van der Waals surface area contributed by atoms with Crippen molar-refractivity contribution in [3.05, 3.63) is 21.4 Å². The van der Waals surface area contributed by atoms with Crippen LogP contribution in [0.4, 0.5) is 0 Å². The van der Waals surface area contributed by atoms with Gasteiger partial charge in [0.1, 0.15) is 0 Å². The summed E-state index contributed by atoms with van der Waals surface area (Å²) in [5, 5.41) is 3.80. The van der Waals surface area contributed by atoms with E-state index in [1.54, 1.807) is 0 Å². The molecule has 0 spiro atoms. The monoisotopic (exact) mass is 253 g/mol. The van der Waals surface area contributed by atoms with Crippen LogP contribution in [-0.2, 0) is 0 Å². The molecule has 0 radical (unpaired) electrons. The van der Waals surface area contributed by atoms with Crippen molar-refractivity contribution in [3.8, 4) is 0 Å². The van der Waals surface area contributed by atoms with Crippen LogP contribution < -0.4 is 5.32 Å². The maximum atomic E-state index is 3.80. The van der Waals surface area contributed by atoms with Crippen LogP contribution in [0, 0.1) is 13.8 Å². The molecule has 0 amide bonds. The zero-order valence-corrected chi connectivity index (χ0v) is 12.8. The number of hydrogen-bond donors (Lipinski definition) is 1. The predicted octanol–water partition coefficient (Wildman–Crippen LogP) is 4.98. The minimum Gasteiger partial charge on any atom is -0.307 e. The van der Waals surface area contributed by atoms with E-state index in [2.05, 4.69) is 46.0 Å². The lowest BCUT2D eigenvalue weighted by Crippen LogP contribution is -2.31. The molecule has 2 heteroatoms. The van der Waals surface area contributed by atoms with Crippen molar-refractivity contribution in [1.82, 2.24) is 5.32 Å². The molecule has 0 aliphatic carbocycles. The van der Waals surface area contributed by atoms with Gasteiger partial charge in [0.25, 0.3) is 0 Å². The van der Waals surface area contributed by atoms with Crippen molar-refractivity contribution in [2.75, 3.05) is 0 Å². The highest BCUT2D eigenvalue weighted by atomic mass is 32.1. The van der Waals surface area contributed by atoms with Crippen LogP contribution in [0.2, 0.25) is 0 Å². The van der Waals surface area contributed by atoms with Crippen LogP contribution in [0.15, 0.2) is 6.07 Å². The maximum absolute atomic E-state index is 3.80. The fourth-order valence-corrected chi connectivity index (χ4v) is 3.55. The van der Waals surface area contributed by atoms with Gasteiger partial charge in [-0.2, -0.15) is 0 Å². The number of hydrogen-bond acceptors (Lipinski definition) is 2. The molecule has 1 aromatic rings. The Bertz CT molecular complexity index is 324. The highest BCUT2D eigenvalue weighted by Gasteiger charge is 2.15. The largest absolute Gasteiger partial charge is 0.307 e. The molecule has 0 aliphatic heterocycles. The molecule has 1 aromatic heterocycles. The Morgan fingerprint density at radius 2 is 1.76 bits per heavy atom. The summed E-state index contributed by atoms with van der Waals surface area (Å²) in [6.07, 6.45) is 5.12. The van der Waals surface area contributed by atoms with E-state index in [9.17, 15) is 0 Å². The van der Waals surface area contributed by atoms with Gasteiger partial charge in [-0.1, -0.05) is 26.7 Å². The van der Waals surface area contributed by atoms with Gasteiger partial charge in [0.05, 0.1) is 0 Å². The van der Waals surface area contributed by atoms with Crippen molar-refractivity contribution >= 4 is 11.3 Å². The average Bonchev–Trinajstić information content (AvgIpc) is 2.58. The fourth-order valence-electron chi connectivity index (χ4n) is 2.53. The lowest BCUT2D eigenvalue weighted by atomic mass is 10.0. The third-order valence-electron chi connectivity index (χ3n) is 3.31. The van der Waals surface area contributed by atoms with Crippen LogP contribution in [0.25, 0.3) is 0 Å². The van der Waals surface area contributed by atoms with Crippen LogP contribution in [0.5, 0.6) is 0 Å². The molecule has 1 nitrogen and oxygen atoms in total. The van der Waals surface area contributed by atoms with E-state index < -0.39 is 0 Å². The summed E-state index contributed by atoms with van der Waals surface area (Å²) < 4.78 is 0. The smallest absolute Gasteiger partial charge is 0.0305 e. The van der Waals surface area contributed by atoms with E-state index in [1.807, 2.05) is 11.3 Å². The molecule has 17 heavy (non-hydrogen) atoms. The Kier molecular flexibility index (Phi) is 6.21. The van der Waals surface area contributed by atoms with Crippen molar-refractivity contribution in [1.29, 1.82) is 0 Å². The zero-order chi connectivity index (χ0) is 12.8. The van der Waals surface area contributed by atoms with Gasteiger partial charge in [-0.15, -0.1) is 11.3 Å². The van der Waals surface area contributed by atoms with Crippen LogP contribution >= 0.6 is 11.3 Å². The summed E-state index contributed by atoms with van der Waals surface area (Å²) in [4.78, 5) is 2.89. The molecule has 98 valence electrons. The molecule has 0 bridgehead atoms. The van der Waals surface area contributed by atoms with E-state index in [-0.39, 0.29) is 0 Å². The minimum absolute atomic E-state index is 0.489. The number of rotatable bonds is 7. The Hall–Kier alpha value is -0.340. The molecule has 0 aliphatic rings. The van der Waals surface area contributed by atoms with Gasteiger partial charge in [0.15, 0.2) is 0 Å². The lowest BCUT2D eigenvalue weighted by Gasteiger charge is -2.23. The normalized spacial score (nSPS) is 13.3. The summed E-state index contributed by atoms with van der Waals surface area (Å²) in [6.45, 7) is 11.3. The molecule has 1 rings (SSSR count). The topological polar surface area (TPSA) is 12.0 Å². The molecule has 0 saturated carbocycles. The number of nitrogens with one attached hydrogen (secondary N) is 1. The fraction of sp³-hybridized carbons (Fsp3) is 0.733. The van der Waals surface area contributed by atoms with E-state index in [1.165, 1.54) is 41.0 Å². The lowest BCUT2D eigenvalue weighted by molar-refractivity contribution is 0.402. The molecule has 0 saturated heterocycles. The van der Waals surface area contributed by atoms with E-state index in [0.717, 1.165) is 0 Å². The van der Waals surface area contributed by atoms with Crippen molar-refractivity contribution in [3.63, 3.8) is 0 Å². The molecule has 1 unspecified atom stereocenters. The first kappa shape index (κ1) is 14.7. The first-order chi connectivity index (χ1) is 8.08. The standard InChI is InChI=1S/C15H27NS/c1-6-8-14(9-7-2)16-12(4)15-10-11(3)17-13(15)5/h10,12,14,16H,6-9H2,1-5H3. The molecule has 1 N–H and O–H groups in total. The Balaban J connectivity index is 2.62. The average molecular weight is 253 g/mol.